The number of rotatable bonds is 4. The average Bonchev–Trinajstić information content (AvgIpc) is 2.60. The summed E-state index contributed by atoms with van der Waals surface area (Å²) < 4.78 is 6.24. The van der Waals surface area contributed by atoms with Gasteiger partial charge in [-0.1, -0.05) is 35.9 Å². The summed E-state index contributed by atoms with van der Waals surface area (Å²) in [7, 11) is 0. The van der Waals surface area contributed by atoms with Crippen molar-refractivity contribution in [3.05, 3.63) is 79.9 Å². The van der Waals surface area contributed by atoms with Crippen LogP contribution in [0.2, 0.25) is 0 Å². The van der Waals surface area contributed by atoms with Gasteiger partial charge in [0, 0.05) is 0 Å². The number of nitrogens with one attached hydrogen (secondary N) is 1. The molecule has 6 nitrogen and oxygen atoms in total. The van der Waals surface area contributed by atoms with Crippen molar-refractivity contribution in [1.82, 2.24) is 9.78 Å². The highest BCUT2D eigenvalue weighted by Gasteiger charge is 2.11. The lowest BCUT2D eigenvalue weighted by Crippen LogP contribution is -2.32. The first-order valence-electron chi connectivity index (χ1n) is 7.89. The van der Waals surface area contributed by atoms with Gasteiger partial charge in [-0.3, -0.25) is 19.5 Å². The maximum absolute atomic E-state index is 12.4. The van der Waals surface area contributed by atoms with Crippen LogP contribution in [-0.2, 0) is 22.7 Å². The number of aryl methyl sites for hydroxylation is 2. The fraction of sp³-hybridized carbons (Fsp3) is 0.211. The second-order valence-corrected chi connectivity index (χ2v) is 5.97. The number of hydrogen-bond acceptors (Lipinski definition) is 4. The first-order valence-corrected chi connectivity index (χ1v) is 7.89. The molecule has 3 rings (SSSR count). The lowest BCUT2D eigenvalue weighted by atomic mass is 10.1. The number of esters is 1. The summed E-state index contributed by atoms with van der Waals surface area (Å²) >= 11 is 0. The molecule has 0 unspecified atom stereocenters. The fourth-order valence-corrected chi connectivity index (χ4v) is 2.65. The van der Waals surface area contributed by atoms with Gasteiger partial charge in [0.15, 0.2) is 0 Å². The molecule has 3 aromatic rings. The second-order valence-electron chi connectivity index (χ2n) is 5.97. The highest BCUT2D eigenvalue weighted by atomic mass is 16.5. The zero-order chi connectivity index (χ0) is 18.0. The SMILES string of the molecule is Cc1ccc(C)c(COC(=O)Cn2[nH]c(=O)c3ccccc3c2=O)c1. The van der Waals surface area contributed by atoms with Gasteiger partial charge < -0.3 is 4.74 Å². The molecule has 0 aliphatic heterocycles. The molecular weight excluding hydrogens is 320 g/mol. The predicted molar refractivity (Wildman–Crippen MR) is 94.5 cm³/mol. The Kier molecular flexibility index (Phi) is 4.52. The Morgan fingerprint density at radius 3 is 2.56 bits per heavy atom. The summed E-state index contributed by atoms with van der Waals surface area (Å²) in [6, 6.07) is 12.4. The topological polar surface area (TPSA) is 81.2 Å². The minimum absolute atomic E-state index is 0.124. The minimum atomic E-state index is -0.589. The van der Waals surface area contributed by atoms with Crippen LogP contribution in [0.1, 0.15) is 16.7 Å². The summed E-state index contributed by atoms with van der Waals surface area (Å²) in [5.41, 5.74) is 2.16. The quantitative estimate of drug-likeness (QED) is 0.738. The van der Waals surface area contributed by atoms with Crippen LogP contribution in [0.4, 0.5) is 0 Å². The highest BCUT2D eigenvalue weighted by molar-refractivity contribution is 5.80. The van der Waals surface area contributed by atoms with E-state index in [1.165, 1.54) is 0 Å². The molecule has 1 aromatic heterocycles. The first kappa shape index (κ1) is 16.7. The molecule has 1 heterocycles. The van der Waals surface area contributed by atoms with E-state index in [9.17, 15) is 14.4 Å². The number of carbonyl (C=O) groups excluding carboxylic acids is 1. The Bertz CT molecular complexity index is 1060. The summed E-state index contributed by atoms with van der Waals surface area (Å²) in [4.78, 5) is 36.5. The molecule has 1 N–H and O–H groups in total. The van der Waals surface area contributed by atoms with Gasteiger partial charge in [-0.15, -0.1) is 0 Å². The molecular formula is C19H18N2O4. The van der Waals surface area contributed by atoms with E-state index < -0.39 is 17.1 Å². The number of hydrogen-bond donors (Lipinski definition) is 1. The second kappa shape index (κ2) is 6.76. The average molecular weight is 338 g/mol. The highest BCUT2D eigenvalue weighted by Crippen LogP contribution is 2.12. The van der Waals surface area contributed by atoms with E-state index in [0.29, 0.717) is 5.39 Å². The predicted octanol–water partition coefficient (Wildman–Crippen LogP) is 2.05. The Morgan fingerprint density at radius 1 is 1.08 bits per heavy atom. The van der Waals surface area contributed by atoms with E-state index in [0.717, 1.165) is 21.4 Å². The largest absolute Gasteiger partial charge is 0.459 e. The number of ether oxygens (including phenoxy) is 1. The molecule has 0 saturated carbocycles. The van der Waals surface area contributed by atoms with Crippen molar-refractivity contribution in [2.24, 2.45) is 0 Å². The number of aromatic amines is 1. The molecule has 2 aromatic carbocycles. The number of benzene rings is 2. The molecule has 128 valence electrons. The summed E-state index contributed by atoms with van der Waals surface area (Å²) in [6.45, 7) is 3.68. The molecule has 0 radical (unpaired) electrons. The number of fused-ring (bicyclic) bond motifs is 1. The van der Waals surface area contributed by atoms with Crippen molar-refractivity contribution in [1.29, 1.82) is 0 Å². The molecule has 6 heteroatoms. The van der Waals surface area contributed by atoms with Crippen molar-refractivity contribution in [3.8, 4) is 0 Å². The Morgan fingerprint density at radius 2 is 1.80 bits per heavy atom. The van der Waals surface area contributed by atoms with Gasteiger partial charge in [0.05, 0.1) is 10.8 Å². The minimum Gasteiger partial charge on any atom is -0.459 e. The number of nitrogens with zero attached hydrogens (tertiary/aromatic N) is 1. The van der Waals surface area contributed by atoms with Crippen LogP contribution in [0.3, 0.4) is 0 Å². The van der Waals surface area contributed by atoms with Crippen molar-refractivity contribution in [2.45, 2.75) is 27.0 Å². The summed E-state index contributed by atoms with van der Waals surface area (Å²) in [6.07, 6.45) is 0. The Balaban J connectivity index is 1.78. The van der Waals surface area contributed by atoms with E-state index in [4.69, 9.17) is 4.74 Å². The lowest BCUT2D eigenvalue weighted by Gasteiger charge is -2.10. The van der Waals surface area contributed by atoms with Crippen LogP contribution >= 0.6 is 0 Å². The van der Waals surface area contributed by atoms with Crippen LogP contribution in [0, 0.1) is 13.8 Å². The first-order chi connectivity index (χ1) is 12.0. The van der Waals surface area contributed by atoms with Gasteiger partial charge in [-0.2, -0.15) is 0 Å². The summed E-state index contributed by atoms with van der Waals surface area (Å²) in [5.74, 6) is -0.589. The van der Waals surface area contributed by atoms with E-state index >= 15 is 0 Å². The third-order valence-corrected chi connectivity index (χ3v) is 4.06. The molecule has 0 aliphatic carbocycles. The van der Waals surface area contributed by atoms with E-state index in [-0.39, 0.29) is 18.5 Å². The van der Waals surface area contributed by atoms with Crippen molar-refractivity contribution in [3.63, 3.8) is 0 Å². The normalized spacial score (nSPS) is 10.8. The van der Waals surface area contributed by atoms with Crippen LogP contribution in [-0.4, -0.2) is 15.7 Å². The lowest BCUT2D eigenvalue weighted by molar-refractivity contribution is -0.146. The number of aromatic nitrogens is 2. The zero-order valence-corrected chi connectivity index (χ0v) is 14.0. The van der Waals surface area contributed by atoms with Gasteiger partial charge in [0.1, 0.15) is 13.2 Å². The van der Waals surface area contributed by atoms with Crippen LogP contribution in [0.25, 0.3) is 10.8 Å². The van der Waals surface area contributed by atoms with E-state index in [1.807, 2.05) is 32.0 Å². The molecule has 0 spiro atoms. The third-order valence-electron chi connectivity index (χ3n) is 4.06. The van der Waals surface area contributed by atoms with Gasteiger partial charge in [0.25, 0.3) is 11.1 Å². The number of H-pyrrole nitrogens is 1. The summed E-state index contributed by atoms with van der Waals surface area (Å²) in [5, 5.41) is 2.99. The standard InChI is InChI=1S/C19H18N2O4/c1-12-7-8-13(2)14(9-12)11-25-17(22)10-21-19(24)16-6-4-3-5-15(16)18(23)20-21/h3-9H,10-11H2,1-2H3,(H,20,23). The Hall–Kier alpha value is -3.15. The van der Waals surface area contributed by atoms with Crippen LogP contribution in [0.15, 0.2) is 52.1 Å². The maximum Gasteiger partial charge on any atom is 0.328 e. The van der Waals surface area contributed by atoms with Gasteiger partial charge in [-0.25, -0.2) is 4.68 Å². The maximum atomic E-state index is 12.4. The molecule has 0 fully saturated rings. The molecule has 25 heavy (non-hydrogen) atoms. The van der Waals surface area contributed by atoms with Gasteiger partial charge >= 0.3 is 5.97 Å². The van der Waals surface area contributed by atoms with Crippen molar-refractivity contribution < 1.29 is 9.53 Å². The Labute approximate surface area is 143 Å². The molecule has 0 aliphatic rings. The van der Waals surface area contributed by atoms with Crippen molar-refractivity contribution in [2.75, 3.05) is 0 Å². The van der Waals surface area contributed by atoms with E-state index in [2.05, 4.69) is 5.10 Å². The van der Waals surface area contributed by atoms with Crippen LogP contribution < -0.4 is 11.1 Å². The smallest absolute Gasteiger partial charge is 0.328 e. The van der Waals surface area contributed by atoms with Crippen molar-refractivity contribution >= 4 is 16.7 Å². The van der Waals surface area contributed by atoms with Gasteiger partial charge in [0.2, 0.25) is 0 Å². The van der Waals surface area contributed by atoms with E-state index in [1.54, 1.807) is 24.3 Å². The molecule has 0 atom stereocenters. The fourth-order valence-electron chi connectivity index (χ4n) is 2.65. The molecule has 0 amide bonds. The number of carbonyl (C=O) groups is 1. The molecule has 0 bridgehead atoms. The third kappa shape index (κ3) is 3.52. The van der Waals surface area contributed by atoms with Crippen LogP contribution in [0.5, 0.6) is 0 Å². The molecule has 0 saturated heterocycles. The van der Waals surface area contributed by atoms with Gasteiger partial charge in [-0.05, 0) is 37.1 Å². The zero-order valence-electron chi connectivity index (χ0n) is 14.0. The monoisotopic (exact) mass is 338 g/mol.